The molecular weight excluding hydrogens is 344 g/mol. The molecule has 0 bridgehead atoms. The highest BCUT2D eigenvalue weighted by atomic mass is 35.5. The topological polar surface area (TPSA) is 74.0 Å². The van der Waals surface area contributed by atoms with Gasteiger partial charge in [0, 0.05) is 19.6 Å². The molecule has 25 heavy (non-hydrogen) atoms. The van der Waals surface area contributed by atoms with Gasteiger partial charge in [-0.25, -0.2) is 0 Å². The number of benzene rings is 1. The van der Waals surface area contributed by atoms with Gasteiger partial charge in [0.15, 0.2) is 18.1 Å². The van der Waals surface area contributed by atoms with Crippen molar-refractivity contribution in [1.82, 2.24) is 4.90 Å². The van der Waals surface area contributed by atoms with E-state index in [-0.39, 0.29) is 12.2 Å². The Morgan fingerprint density at radius 3 is 2.84 bits per heavy atom. The quantitative estimate of drug-likeness (QED) is 0.834. The zero-order chi connectivity index (χ0) is 17.9. The number of carbonyl (C=O) groups is 1. The number of hydrogen-bond donors (Lipinski definition) is 1. The number of halogens is 1. The van der Waals surface area contributed by atoms with Crippen LogP contribution >= 0.6 is 11.6 Å². The molecule has 7 heteroatoms. The second-order valence-electron chi connectivity index (χ2n) is 6.81. The first-order valence-electron chi connectivity index (χ1n) is 8.65. The second-order valence-corrected chi connectivity index (χ2v) is 7.22. The van der Waals surface area contributed by atoms with Crippen LogP contribution in [0.4, 0.5) is 0 Å². The van der Waals surface area contributed by atoms with Gasteiger partial charge >= 0.3 is 0 Å². The number of nitrogens with two attached hydrogens (primary N) is 1. The Balaban J connectivity index is 1.71. The number of amides is 1. The molecule has 1 saturated heterocycles. The molecular formula is C18H25ClN2O4. The highest BCUT2D eigenvalue weighted by Crippen LogP contribution is 2.38. The van der Waals surface area contributed by atoms with Gasteiger partial charge in [0.2, 0.25) is 0 Å². The van der Waals surface area contributed by atoms with Gasteiger partial charge in [-0.3, -0.25) is 9.69 Å². The molecule has 6 nitrogen and oxygen atoms in total. The molecule has 3 rings (SSSR count). The van der Waals surface area contributed by atoms with Gasteiger partial charge < -0.3 is 19.9 Å². The molecule has 2 aliphatic rings. The van der Waals surface area contributed by atoms with E-state index in [1.807, 2.05) is 12.1 Å². The summed E-state index contributed by atoms with van der Waals surface area (Å²) in [6, 6.07) is 3.76. The molecule has 1 amide bonds. The largest absolute Gasteiger partial charge is 0.493 e. The summed E-state index contributed by atoms with van der Waals surface area (Å²) in [5.74, 6) is 0.297. The predicted octanol–water partition coefficient (Wildman–Crippen LogP) is 2.36. The Morgan fingerprint density at radius 1 is 1.40 bits per heavy atom. The fourth-order valence-corrected chi connectivity index (χ4v) is 4.07. The molecule has 1 aliphatic heterocycles. The fourth-order valence-electron chi connectivity index (χ4n) is 3.79. The van der Waals surface area contributed by atoms with E-state index in [2.05, 4.69) is 4.90 Å². The van der Waals surface area contributed by atoms with E-state index >= 15 is 0 Å². The van der Waals surface area contributed by atoms with Crippen molar-refractivity contribution in [2.24, 2.45) is 5.73 Å². The third-order valence-corrected chi connectivity index (χ3v) is 5.18. The van der Waals surface area contributed by atoms with Gasteiger partial charge in [-0.1, -0.05) is 24.4 Å². The molecule has 2 N–H and O–H groups in total. The predicted molar refractivity (Wildman–Crippen MR) is 95.1 cm³/mol. The van der Waals surface area contributed by atoms with Gasteiger partial charge in [-0.2, -0.15) is 0 Å². The average Bonchev–Trinajstić information content (AvgIpc) is 3.00. The van der Waals surface area contributed by atoms with Crippen LogP contribution in [-0.4, -0.2) is 49.8 Å². The average molecular weight is 369 g/mol. The normalized spacial score (nSPS) is 19.9. The summed E-state index contributed by atoms with van der Waals surface area (Å²) in [7, 11) is 1.55. The van der Waals surface area contributed by atoms with Crippen LogP contribution in [0.25, 0.3) is 0 Å². The lowest BCUT2D eigenvalue weighted by molar-refractivity contribution is -0.119. The van der Waals surface area contributed by atoms with Crippen LogP contribution in [0.15, 0.2) is 12.1 Å². The number of carbonyl (C=O) groups excluding carboxylic acids is 1. The minimum Gasteiger partial charge on any atom is -0.493 e. The van der Waals surface area contributed by atoms with E-state index in [9.17, 15) is 4.79 Å². The number of morpholine rings is 1. The summed E-state index contributed by atoms with van der Waals surface area (Å²) in [4.78, 5) is 13.3. The van der Waals surface area contributed by atoms with E-state index in [1.165, 1.54) is 12.8 Å². The Morgan fingerprint density at radius 2 is 2.16 bits per heavy atom. The second kappa shape index (κ2) is 7.81. The molecule has 138 valence electrons. The fraction of sp³-hybridized carbons (Fsp3) is 0.611. The maximum absolute atomic E-state index is 10.9. The van der Waals surface area contributed by atoms with Crippen molar-refractivity contribution in [1.29, 1.82) is 0 Å². The van der Waals surface area contributed by atoms with Crippen LogP contribution in [0, 0.1) is 0 Å². The van der Waals surface area contributed by atoms with Gasteiger partial charge in [0.05, 0.1) is 24.3 Å². The van der Waals surface area contributed by atoms with Crippen LogP contribution in [0.5, 0.6) is 11.5 Å². The molecule has 2 fully saturated rings. The third-order valence-electron chi connectivity index (χ3n) is 4.90. The van der Waals surface area contributed by atoms with E-state index in [0.717, 1.165) is 44.6 Å². The summed E-state index contributed by atoms with van der Waals surface area (Å²) in [6.07, 6.45) is 4.79. The SMILES string of the molecule is COc1cc(CN2CCOC3(CCCC3)C2)cc(Cl)c1OCC(N)=O. The summed E-state index contributed by atoms with van der Waals surface area (Å²) >= 11 is 6.33. The smallest absolute Gasteiger partial charge is 0.255 e. The maximum atomic E-state index is 10.9. The van der Waals surface area contributed by atoms with Crippen molar-refractivity contribution in [3.8, 4) is 11.5 Å². The van der Waals surface area contributed by atoms with E-state index < -0.39 is 5.91 Å². The molecule has 0 radical (unpaired) electrons. The lowest BCUT2D eigenvalue weighted by Crippen LogP contribution is -2.49. The number of hydrogen-bond acceptors (Lipinski definition) is 5. The first kappa shape index (κ1) is 18.3. The lowest BCUT2D eigenvalue weighted by atomic mass is 9.99. The molecule has 0 unspecified atom stereocenters. The molecule has 1 aromatic carbocycles. The highest BCUT2D eigenvalue weighted by molar-refractivity contribution is 6.32. The molecule has 1 saturated carbocycles. The summed E-state index contributed by atoms with van der Waals surface area (Å²) in [6.45, 7) is 3.16. The Kier molecular flexibility index (Phi) is 5.71. The summed E-state index contributed by atoms with van der Waals surface area (Å²) in [5, 5.41) is 0.416. The molecule has 0 atom stereocenters. The van der Waals surface area contributed by atoms with Crippen LogP contribution in [-0.2, 0) is 16.1 Å². The molecule has 1 aromatic rings. The molecule has 0 aromatic heterocycles. The van der Waals surface area contributed by atoms with E-state index in [1.54, 1.807) is 7.11 Å². The summed E-state index contributed by atoms with van der Waals surface area (Å²) < 4.78 is 16.8. The number of nitrogens with zero attached hydrogens (tertiary/aromatic N) is 1. The minimum absolute atomic E-state index is 0.0384. The molecule has 1 aliphatic carbocycles. The lowest BCUT2D eigenvalue weighted by Gasteiger charge is -2.40. The van der Waals surface area contributed by atoms with E-state index in [0.29, 0.717) is 16.5 Å². The standard InChI is InChI=1S/C18H25ClN2O4/c1-23-15-9-13(8-14(19)17(15)24-11-16(20)22)10-21-6-7-25-18(12-21)4-2-3-5-18/h8-9H,2-7,10-12H2,1H3,(H2,20,22). The van der Waals surface area contributed by atoms with Crippen LogP contribution in [0.3, 0.4) is 0 Å². The first-order valence-corrected chi connectivity index (χ1v) is 9.03. The van der Waals surface area contributed by atoms with Crippen molar-refractivity contribution in [3.63, 3.8) is 0 Å². The zero-order valence-corrected chi connectivity index (χ0v) is 15.3. The number of rotatable bonds is 6. The first-order chi connectivity index (χ1) is 12.0. The van der Waals surface area contributed by atoms with Gasteiger partial charge in [-0.15, -0.1) is 0 Å². The van der Waals surface area contributed by atoms with Crippen LogP contribution in [0.1, 0.15) is 31.2 Å². The highest BCUT2D eigenvalue weighted by Gasteiger charge is 2.39. The third kappa shape index (κ3) is 4.37. The van der Waals surface area contributed by atoms with E-state index in [4.69, 9.17) is 31.5 Å². The van der Waals surface area contributed by atoms with Gasteiger partial charge in [0.25, 0.3) is 5.91 Å². The van der Waals surface area contributed by atoms with Crippen LogP contribution in [0.2, 0.25) is 5.02 Å². The van der Waals surface area contributed by atoms with Crippen molar-refractivity contribution < 1.29 is 19.0 Å². The Hall–Kier alpha value is -1.50. The van der Waals surface area contributed by atoms with Crippen molar-refractivity contribution in [2.75, 3.05) is 33.4 Å². The number of primary amides is 1. The summed E-state index contributed by atoms with van der Waals surface area (Å²) in [5.41, 5.74) is 6.21. The van der Waals surface area contributed by atoms with Crippen LogP contribution < -0.4 is 15.2 Å². The van der Waals surface area contributed by atoms with Crippen molar-refractivity contribution in [2.45, 2.75) is 37.8 Å². The molecule has 1 heterocycles. The number of methoxy groups -OCH3 is 1. The Labute approximate surface area is 153 Å². The number of ether oxygens (including phenoxy) is 3. The van der Waals surface area contributed by atoms with Crippen molar-refractivity contribution >= 4 is 17.5 Å². The monoisotopic (exact) mass is 368 g/mol. The molecule has 1 spiro atoms. The zero-order valence-electron chi connectivity index (χ0n) is 14.6. The maximum Gasteiger partial charge on any atom is 0.255 e. The minimum atomic E-state index is -0.558. The van der Waals surface area contributed by atoms with Crippen molar-refractivity contribution in [3.05, 3.63) is 22.7 Å². The van der Waals surface area contributed by atoms with Gasteiger partial charge in [0.1, 0.15) is 0 Å². The van der Waals surface area contributed by atoms with Gasteiger partial charge in [-0.05, 0) is 30.5 Å². The Bertz CT molecular complexity index is 632.